The first-order valence-electron chi connectivity index (χ1n) is 7.63. The fraction of sp³-hybridized carbons (Fsp3) is 0.118. The minimum atomic E-state index is -0.337. The number of hydrogen-bond acceptors (Lipinski definition) is 5. The van der Waals surface area contributed by atoms with Gasteiger partial charge in [-0.2, -0.15) is 5.10 Å². The van der Waals surface area contributed by atoms with Crippen LogP contribution < -0.4 is 5.43 Å². The monoisotopic (exact) mass is 338 g/mol. The van der Waals surface area contributed by atoms with E-state index in [0.29, 0.717) is 17.7 Å². The van der Waals surface area contributed by atoms with E-state index in [9.17, 15) is 9.18 Å². The second-order valence-electron chi connectivity index (χ2n) is 5.16. The summed E-state index contributed by atoms with van der Waals surface area (Å²) in [6, 6.07) is 12.8. The van der Waals surface area contributed by atoms with Gasteiger partial charge in [-0.25, -0.2) is 14.5 Å². The lowest BCUT2D eigenvalue weighted by Crippen LogP contribution is -2.20. The van der Waals surface area contributed by atoms with E-state index in [4.69, 9.17) is 0 Å². The van der Waals surface area contributed by atoms with Crippen LogP contribution in [0.1, 0.15) is 29.3 Å². The number of aromatic nitrogens is 4. The molecule has 0 fully saturated rings. The van der Waals surface area contributed by atoms with Crippen LogP contribution in [0.5, 0.6) is 0 Å². The maximum atomic E-state index is 13.0. The van der Waals surface area contributed by atoms with Gasteiger partial charge in [-0.05, 0) is 58.8 Å². The summed E-state index contributed by atoms with van der Waals surface area (Å²) in [6.45, 7) is 1.91. The second-order valence-corrected chi connectivity index (χ2v) is 5.16. The van der Waals surface area contributed by atoms with E-state index in [1.165, 1.54) is 23.1 Å². The number of halogens is 1. The van der Waals surface area contributed by atoms with Crippen LogP contribution in [-0.2, 0) is 0 Å². The summed E-state index contributed by atoms with van der Waals surface area (Å²) in [4.78, 5) is 12.2. The van der Waals surface area contributed by atoms with Gasteiger partial charge in [0.05, 0.1) is 11.4 Å². The van der Waals surface area contributed by atoms with Crippen LogP contribution in [0, 0.1) is 5.82 Å². The second kappa shape index (κ2) is 7.43. The molecule has 8 heteroatoms. The molecule has 0 saturated heterocycles. The molecule has 1 amide bonds. The van der Waals surface area contributed by atoms with Crippen LogP contribution in [0.3, 0.4) is 0 Å². The molecular weight excluding hydrogens is 323 g/mol. The van der Waals surface area contributed by atoms with Crippen molar-refractivity contribution in [3.8, 4) is 5.69 Å². The van der Waals surface area contributed by atoms with E-state index >= 15 is 0 Å². The number of carbonyl (C=O) groups excluding carboxylic acids is 1. The Labute approximate surface area is 143 Å². The molecule has 3 aromatic rings. The van der Waals surface area contributed by atoms with Gasteiger partial charge in [0.1, 0.15) is 12.1 Å². The molecule has 1 heterocycles. The Kier molecular flexibility index (Phi) is 4.89. The van der Waals surface area contributed by atoms with E-state index in [0.717, 1.165) is 11.3 Å². The predicted molar refractivity (Wildman–Crippen MR) is 89.8 cm³/mol. The molecule has 126 valence electrons. The highest BCUT2D eigenvalue weighted by atomic mass is 19.1. The maximum absolute atomic E-state index is 13.0. The predicted octanol–water partition coefficient (Wildman–Crippen LogP) is 2.35. The molecule has 0 aliphatic heterocycles. The van der Waals surface area contributed by atoms with E-state index in [-0.39, 0.29) is 11.7 Å². The van der Waals surface area contributed by atoms with Gasteiger partial charge in [-0.3, -0.25) is 4.79 Å². The SMILES string of the molecule is CC/C(=N\NC(=O)c1ccc(-n2cnnn2)cc1)c1ccc(F)cc1. The van der Waals surface area contributed by atoms with Crippen LogP contribution in [0.15, 0.2) is 60.0 Å². The Morgan fingerprint density at radius 3 is 2.40 bits per heavy atom. The lowest BCUT2D eigenvalue weighted by atomic mass is 10.1. The van der Waals surface area contributed by atoms with E-state index in [1.807, 2.05) is 6.92 Å². The fourth-order valence-electron chi connectivity index (χ4n) is 2.22. The van der Waals surface area contributed by atoms with Crippen molar-refractivity contribution in [3.63, 3.8) is 0 Å². The summed E-state index contributed by atoms with van der Waals surface area (Å²) in [6.07, 6.45) is 2.07. The molecule has 0 bridgehead atoms. The molecule has 1 aromatic heterocycles. The minimum absolute atomic E-state index is 0.314. The van der Waals surface area contributed by atoms with Gasteiger partial charge in [-0.15, -0.1) is 5.10 Å². The molecule has 0 atom stereocenters. The number of nitrogens with zero attached hydrogens (tertiary/aromatic N) is 5. The van der Waals surface area contributed by atoms with Gasteiger partial charge in [0.15, 0.2) is 0 Å². The Morgan fingerprint density at radius 2 is 1.80 bits per heavy atom. The molecule has 0 spiro atoms. The molecule has 25 heavy (non-hydrogen) atoms. The zero-order valence-electron chi connectivity index (χ0n) is 13.4. The molecule has 0 radical (unpaired) electrons. The topological polar surface area (TPSA) is 85.1 Å². The van der Waals surface area contributed by atoms with E-state index in [2.05, 4.69) is 26.1 Å². The van der Waals surface area contributed by atoms with Crippen molar-refractivity contribution in [3.05, 3.63) is 71.8 Å². The number of nitrogens with one attached hydrogen (secondary N) is 1. The first kappa shape index (κ1) is 16.4. The maximum Gasteiger partial charge on any atom is 0.271 e. The lowest BCUT2D eigenvalue weighted by Gasteiger charge is -2.06. The molecule has 2 aromatic carbocycles. The molecular formula is C17H15FN6O. The van der Waals surface area contributed by atoms with E-state index in [1.54, 1.807) is 36.4 Å². The number of amides is 1. The third-order valence-electron chi connectivity index (χ3n) is 3.55. The van der Waals surface area contributed by atoms with Crippen molar-refractivity contribution in [2.45, 2.75) is 13.3 Å². The van der Waals surface area contributed by atoms with E-state index < -0.39 is 0 Å². The molecule has 1 N–H and O–H groups in total. The number of rotatable bonds is 5. The van der Waals surface area contributed by atoms with Gasteiger partial charge in [0.25, 0.3) is 5.91 Å². The van der Waals surface area contributed by atoms with Gasteiger partial charge in [0.2, 0.25) is 0 Å². The van der Waals surface area contributed by atoms with Gasteiger partial charge >= 0.3 is 0 Å². The van der Waals surface area contributed by atoms with Crippen LogP contribution in [0.2, 0.25) is 0 Å². The van der Waals surface area contributed by atoms with Gasteiger partial charge < -0.3 is 0 Å². The standard InChI is InChI=1S/C17H15FN6O/c1-2-16(12-3-7-14(18)8-4-12)20-21-17(25)13-5-9-15(10-6-13)24-11-19-22-23-24/h3-11H,2H2,1H3,(H,21,25)/b20-16+. The highest BCUT2D eigenvalue weighted by Crippen LogP contribution is 2.09. The average Bonchev–Trinajstić information content (AvgIpc) is 3.18. The van der Waals surface area contributed by atoms with Crippen LogP contribution in [-0.4, -0.2) is 31.8 Å². The summed E-state index contributed by atoms with van der Waals surface area (Å²) in [5.74, 6) is -0.651. The zero-order valence-corrected chi connectivity index (χ0v) is 13.4. The number of hydrogen-bond donors (Lipinski definition) is 1. The summed E-state index contributed by atoms with van der Waals surface area (Å²) in [5, 5.41) is 15.0. The molecule has 0 aliphatic carbocycles. The Bertz CT molecular complexity index is 873. The molecule has 7 nitrogen and oxygen atoms in total. The summed E-state index contributed by atoms with van der Waals surface area (Å²) < 4.78 is 14.5. The van der Waals surface area contributed by atoms with Gasteiger partial charge in [-0.1, -0.05) is 19.1 Å². The number of carbonyl (C=O) groups is 1. The Morgan fingerprint density at radius 1 is 1.12 bits per heavy atom. The van der Waals surface area contributed by atoms with Crippen LogP contribution >= 0.6 is 0 Å². The summed E-state index contributed by atoms with van der Waals surface area (Å²) in [7, 11) is 0. The Balaban J connectivity index is 1.71. The average molecular weight is 338 g/mol. The summed E-state index contributed by atoms with van der Waals surface area (Å²) >= 11 is 0. The molecule has 3 rings (SSSR count). The molecule has 0 aliphatic rings. The molecule has 0 unspecified atom stereocenters. The van der Waals surface area contributed by atoms with Crippen molar-refractivity contribution >= 4 is 11.6 Å². The highest BCUT2D eigenvalue weighted by molar-refractivity contribution is 6.02. The van der Waals surface area contributed by atoms with Crippen molar-refractivity contribution in [2.75, 3.05) is 0 Å². The van der Waals surface area contributed by atoms with Crippen molar-refractivity contribution in [2.24, 2.45) is 5.10 Å². The third-order valence-corrected chi connectivity index (χ3v) is 3.55. The van der Waals surface area contributed by atoms with Crippen LogP contribution in [0.25, 0.3) is 5.69 Å². The van der Waals surface area contributed by atoms with Crippen LogP contribution in [0.4, 0.5) is 4.39 Å². The fourth-order valence-corrected chi connectivity index (χ4v) is 2.22. The number of hydrazone groups is 1. The van der Waals surface area contributed by atoms with Crippen molar-refractivity contribution in [1.29, 1.82) is 0 Å². The van der Waals surface area contributed by atoms with Crippen molar-refractivity contribution < 1.29 is 9.18 Å². The van der Waals surface area contributed by atoms with Crippen molar-refractivity contribution in [1.82, 2.24) is 25.6 Å². The quantitative estimate of drug-likeness (QED) is 0.571. The number of benzene rings is 2. The highest BCUT2D eigenvalue weighted by Gasteiger charge is 2.07. The smallest absolute Gasteiger partial charge is 0.267 e. The summed E-state index contributed by atoms with van der Waals surface area (Å²) in [5.41, 5.74) is 5.15. The first-order chi connectivity index (χ1) is 12.2. The first-order valence-corrected chi connectivity index (χ1v) is 7.63. The third kappa shape index (κ3) is 3.92. The molecule has 0 saturated carbocycles. The lowest BCUT2D eigenvalue weighted by molar-refractivity contribution is 0.0955. The zero-order chi connectivity index (χ0) is 17.6. The largest absolute Gasteiger partial charge is 0.271 e. The normalized spacial score (nSPS) is 11.4. The number of tetrazole rings is 1. The minimum Gasteiger partial charge on any atom is -0.267 e. The Hall–Kier alpha value is -3.42. The van der Waals surface area contributed by atoms with Gasteiger partial charge in [0, 0.05) is 5.56 Å².